The van der Waals surface area contributed by atoms with E-state index in [1.807, 2.05) is 0 Å². The third-order valence-electron chi connectivity index (χ3n) is 4.45. The summed E-state index contributed by atoms with van der Waals surface area (Å²) >= 11 is 6.03. The standard InChI is InChI=1S/C17H18ClNO4S2/c1-13-16(18)8-5-9-17(13)25(22,23)19-11-10-15(12-19)24(20,21)14-6-3-2-4-7-14/h2-9,15H,10-12H2,1H3/t15-/m0/s1. The minimum atomic E-state index is -3.78. The molecule has 0 bridgehead atoms. The fraction of sp³-hybridized carbons (Fsp3) is 0.294. The van der Waals surface area contributed by atoms with Gasteiger partial charge in [-0.25, -0.2) is 16.8 Å². The van der Waals surface area contributed by atoms with Gasteiger partial charge in [0.2, 0.25) is 10.0 Å². The van der Waals surface area contributed by atoms with Gasteiger partial charge in [-0.2, -0.15) is 4.31 Å². The van der Waals surface area contributed by atoms with Gasteiger partial charge in [-0.05, 0) is 43.2 Å². The van der Waals surface area contributed by atoms with Crippen molar-refractivity contribution < 1.29 is 16.8 Å². The molecule has 134 valence electrons. The number of benzene rings is 2. The smallest absolute Gasteiger partial charge is 0.223 e. The first-order valence-corrected chi connectivity index (χ1v) is 11.2. The topological polar surface area (TPSA) is 71.5 Å². The molecule has 0 aromatic heterocycles. The second-order valence-electron chi connectivity index (χ2n) is 5.99. The monoisotopic (exact) mass is 399 g/mol. The number of sulfone groups is 1. The molecule has 2 aromatic carbocycles. The molecule has 0 spiro atoms. The van der Waals surface area contributed by atoms with Crippen LogP contribution in [0.15, 0.2) is 58.3 Å². The van der Waals surface area contributed by atoms with E-state index in [2.05, 4.69) is 0 Å². The first kappa shape index (κ1) is 18.4. The highest BCUT2D eigenvalue weighted by Crippen LogP contribution is 2.30. The van der Waals surface area contributed by atoms with Gasteiger partial charge < -0.3 is 0 Å². The molecule has 1 saturated heterocycles. The molecule has 1 fully saturated rings. The summed E-state index contributed by atoms with van der Waals surface area (Å²) in [5.41, 5.74) is 0.471. The molecule has 8 heteroatoms. The Labute approximate surface area is 153 Å². The second kappa shape index (κ2) is 6.72. The number of rotatable bonds is 4. The van der Waals surface area contributed by atoms with Crippen LogP contribution in [0.1, 0.15) is 12.0 Å². The van der Waals surface area contributed by atoms with Crippen LogP contribution < -0.4 is 0 Å². The van der Waals surface area contributed by atoms with Gasteiger partial charge in [0.15, 0.2) is 9.84 Å². The lowest BCUT2D eigenvalue weighted by Crippen LogP contribution is -2.32. The summed E-state index contributed by atoms with van der Waals surface area (Å²) in [6, 6.07) is 12.8. The predicted octanol–water partition coefficient (Wildman–Crippen LogP) is 2.89. The molecule has 0 amide bonds. The average molecular weight is 400 g/mol. The lowest BCUT2D eigenvalue weighted by Gasteiger charge is -2.18. The van der Waals surface area contributed by atoms with Crippen LogP contribution in [0.2, 0.25) is 5.02 Å². The van der Waals surface area contributed by atoms with E-state index in [4.69, 9.17) is 11.6 Å². The molecule has 0 radical (unpaired) electrons. The zero-order valence-electron chi connectivity index (χ0n) is 13.6. The minimum absolute atomic E-state index is 0.0501. The van der Waals surface area contributed by atoms with E-state index >= 15 is 0 Å². The van der Waals surface area contributed by atoms with E-state index < -0.39 is 25.1 Å². The summed E-state index contributed by atoms with van der Waals surface area (Å²) in [5.74, 6) is 0. The normalized spacial score (nSPS) is 19.2. The third kappa shape index (κ3) is 3.33. The van der Waals surface area contributed by atoms with Crippen LogP contribution in [-0.2, 0) is 19.9 Å². The molecule has 0 N–H and O–H groups in total. The maximum atomic E-state index is 12.9. The van der Waals surface area contributed by atoms with Crippen molar-refractivity contribution in [1.29, 1.82) is 0 Å². The quantitative estimate of drug-likeness (QED) is 0.792. The Hall–Kier alpha value is -1.41. The molecule has 0 unspecified atom stereocenters. The summed E-state index contributed by atoms with van der Waals surface area (Å²) in [5, 5.41) is -0.377. The van der Waals surface area contributed by atoms with Gasteiger partial charge in [0.05, 0.1) is 15.0 Å². The zero-order valence-corrected chi connectivity index (χ0v) is 16.0. The molecule has 1 atom stereocenters. The van der Waals surface area contributed by atoms with Crippen LogP contribution >= 0.6 is 11.6 Å². The van der Waals surface area contributed by atoms with E-state index in [0.717, 1.165) is 0 Å². The molecule has 1 aliphatic rings. The molecule has 1 aliphatic heterocycles. The van der Waals surface area contributed by atoms with Gasteiger partial charge in [0.25, 0.3) is 0 Å². The molecule has 5 nitrogen and oxygen atoms in total. The van der Waals surface area contributed by atoms with Gasteiger partial charge in [0.1, 0.15) is 0 Å². The van der Waals surface area contributed by atoms with Crippen LogP contribution in [0.4, 0.5) is 0 Å². The lowest BCUT2D eigenvalue weighted by molar-refractivity contribution is 0.476. The van der Waals surface area contributed by atoms with Crippen LogP contribution in [-0.4, -0.2) is 39.5 Å². The Kier molecular flexibility index (Phi) is 4.94. The van der Waals surface area contributed by atoms with Crippen molar-refractivity contribution in [2.45, 2.75) is 28.4 Å². The fourth-order valence-electron chi connectivity index (χ4n) is 2.98. The Morgan fingerprint density at radius 1 is 1.00 bits per heavy atom. The Morgan fingerprint density at radius 3 is 2.36 bits per heavy atom. The van der Waals surface area contributed by atoms with Crippen molar-refractivity contribution in [3.8, 4) is 0 Å². The number of hydrogen-bond donors (Lipinski definition) is 0. The Balaban J connectivity index is 1.89. The molecule has 2 aromatic rings. The molecule has 25 heavy (non-hydrogen) atoms. The summed E-state index contributed by atoms with van der Waals surface area (Å²) < 4.78 is 52.5. The highest BCUT2D eigenvalue weighted by Gasteiger charge is 2.40. The van der Waals surface area contributed by atoms with Crippen LogP contribution in [0.3, 0.4) is 0 Å². The number of hydrogen-bond acceptors (Lipinski definition) is 4. The minimum Gasteiger partial charge on any atom is -0.223 e. The molecular formula is C17H18ClNO4S2. The highest BCUT2D eigenvalue weighted by atomic mass is 35.5. The summed E-state index contributed by atoms with van der Waals surface area (Å²) in [6.45, 7) is 1.76. The van der Waals surface area contributed by atoms with Crippen molar-refractivity contribution in [2.75, 3.05) is 13.1 Å². The van der Waals surface area contributed by atoms with E-state index in [0.29, 0.717) is 10.6 Å². The summed E-state index contributed by atoms with van der Waals surface area (Å²) in [7, 11) is -7.35. The summed E-state index contributed by atoms with van der Waals surface area (Å²) in [6.07, 6.45) is 0.274. The van der Waals surface area contributed by atoms with Gasteiger partial charge in [-0.15, -0.1) is 0 Å². The van der Waals surface area contributed by atoms with Gasteiger partial charge in [-0.3, -0.25) is 0 Å². The van der Waals surface area contributed by atoms with Crippen molar-refractivity contribution in [1.82, 2.24) is 4.31 Å². The van der Waals surface area contributed by atoms with E-state index in [1.54, 1.807) is 37.3 Å². The maximum Gasteiger partial charge on any atom is 0.243 e. The largest absolute Gasteiger partial charge is 0.243 e. The zero-order chi connectivity index (χ0) is 18.2. The molecule has 3 rings (SSSR count). The van der Waals surface area contributed by atoms with Crippen LogP contribution in [0.25, 0.3) is 0 Å². The van der Waals surface area contributed by atoms with Gasteiger partial charge in [-0.1, -0.05) is 35.9 Å². The van der Waals surface area contributed by atoms with Crippen molar-refractivity contribution in [3.05, 3.63) is 59.1 Å². The van der Waals surface area contributed by atoms with Crippen molar-refractivity contribution in [3.63, 3.8) is 0 Å². The van der Waals surface area contributed by atoms with Crippen LogP contribution in [0, 0.1) is 6.92 Å². The third-order valence-corrected chi connectivity index (χ3v) is 9.06. The SMILES string of the molecule is Cc1c(Cl)cccc1S(=O)(=O)N1CC[C@H](S(=O)(=O)c2ccccc2)C1. The van der Waals surface area contributed by atoms with Crippen LogP contribution in [0.5, 0.6) is 0 Å². The lowest BCUT2D eigenvalue weighted by atomic mass is 10.2. The predicted molar refractivity (Wildman–Crippen MR) is 97.0 cm³/mol. The van der Waals surface area contributed by atoms with E-state index in [-0.39, 0.29) is 29.3 Å². The van der Waals surface area contributed by atoms with Gasteiger partial charge >= 0.3 is 0 Å². The Morgan fingerprint density at radius 2 is 1.68 bits per heavy atom. The number of sulfonamides is 1. The summed E-state index contributed by atoms with van der Waals surface area (Å²) in [4.78, 5) is 0.343. The molecule has 0 saturated carbocycles. The van der Waals surface area contributed by atoms with Crippen molar-refractivity contribution in [2.24, 2.45) is 0 Å². The fourth-order valence-corrected chi connectivity index (χ4v) is 6.76. The van der Waals surface area contributed by atoms with Gasteiger partial charge in [0, 0.05) is 18.1 Å². The molecule has 0 aliphatic carbocycles. The first-order valence-electron chi connectivity index (χ1n) is 7.79. The first-order chi connectivity index (χ1) is 11.7. The maximum absolute atomic E-state index is 12.9. The molecular weight excluding hydrogens is 382 g/mol. The Bertz CT molecular complexity index is 989. The number of halogens is 1. The highest BCUT2D eigenvalue weighted by molar-refractivity contribution is 7.92. The second-order valence-corrected chi connectivity index (χ2v) is 10.5. The van der Waals surface area contributed by atoms with E-state index in [1.165, 1.54) is 22.5 Å². The molecule has 1 heterocycles. The van der Waals surface area contributed by atoms with Crippen molar-refractivity contribution >= 4 is 31.5 Å². The number of nitrogens with zero attached hydrogens (tertiary/aromatic N) is 1. The average Bonchev–Trinajstić information content (AvgIpc) is 3.10. The van der Waals surface area contributed by atoms with E-state index in [9.17, 15) is 16.8 Å².